The maximum atomic E-state index is 12.6. The van der Waals surface area contributed by atoms with Gasteiger partial charge in [-0.25, -0.2) is 8.42 Å². The summed E-state index contributed by atoms with van der Waals surface area (Å²) in [6.07, 6.45) is 1.10. The minimum Gasteiger partial charge on any atom is -0.368 e. The van der Waals surface area contributed by atoms with Crippen LogP contribution in [0.2, 0.25) is 0 Å². The third kappa shape index (κ3) is 4.00. The lowest BCUT2D eigenvalue weighted by Gasteiger charge is -2.35. The van der Waals surface area contributed by atoms with Crippen molar-refractivity contribution in [2.45, 2.75) is 29.3 Å². The highest BCUT2D eigenvalue weighted by atomic mass is 32.2. The van der Waals surface area contributed by atoms with Crippen molar-refractivity contribution in [2.24, 2.45) is 0 Å². The molecule has 0 aromatic heterocycles. The maximum Gasteiger partial charge on any atom is 0.501 e. The summed E-state index contributed by atoms with van der Waals surface area (Å²) in [7, 11) is -5.45. The van der Waals surface area contributed by atoms with E-state index < -0.39 is 32.3 Å². The number of nitrogens with zero attached hydrogens (tertiary/aromatic N) is 2. The van der Waals surface area contributed by atoms with Gasteiger partial charge in [0.2, 0.25) is 0 Å². The van der Waals surface area contributed by atoms with E-state index in [1.807, 2.05) is 0 Å². The molecule has 0 spiro atoms. The monoisotopic (exact) mass is 420 g/mol. The van der Waals surface area contributed by atoms with Crippen LogP contribution in [0.4, 0.5) is 13.2 Å². The van der Waals surface area contributed by atoms with Crippen LogP contribution < -0.4 is 0 Å². The van der Waals surface area contributed by atoms with Gasteiger partial charge in [0.1, 0.15) is 6.10 Å². The Balaban J connectivity index is 1.62. The zero-order chi connectivity index (χ0) is 20.5. The smallest absolute Gasteiger partial charge is 0.368 e. The highest BCUT2D eigenvalue weighted by Gasteiger charge is 2.46. The topological polar surface area (TPSA) is 84.0 Å². The molecule has 1 aromatic rings. The first-order valence-electron chi connectivity index (χ1n) is 8.72. The predicted octanol–water partition coefficient (Wildman–Crippen LogP) is 1.44. The van der Waals surface area contributed by atoms with Crippen molar-refractivity contribution in [1.29, 1.82) is 0 Å². The molecule has 2 amide bonds. The molecule has 0 N–H and O–H groups in total. The highest BCUT2D eigenvalue weighted by Crippen LogP contribution is 2.30. The predicted molar refractivity (Wildman–Crippen MR) is 91.1 cm³/mol. The van der Waals surface area contributed by atoms with Crippen LogP contribution in [0, 0.1) is 0 Å². The van der Waals surface area contributed by atoms with Crippen molar-refractivity contribution >= 4 is 21.7 Å². The van der Waals surface area contributed by atoms with Gasteiger partial charge < -0.3 is 14.5 Å². The van der Waals surface area contributed by atoms with Gasteiger partial charge in [-0.3, -0.25) is 9.59 Å². The SMILES string of the molecule is O=C(c1ccc(S(=O)(=O)C(F)(F)F)cc1)N1CCN(C(=O)C2CCCO2)CC1. The first-order chi connectivity index (χ1) is 13.1. The van der Waals surface area contributed by atoms with Gasteiger partial charge in [0.15, 0.2) is 0 Å². The molecule has 0 radical (unpaired) electrons. The molecular weight excluding hydrogens is 401 g/mol. The number of hydrogen-bond acceptors (Lipinski definition) is 5. The van der Waals surface area contributed by atoms with Gasteiger partial charge >= 0.3 is 5.51 Å². The second kappa shape index (κ2) is 7.70. The van der Waals surface area contributed by atoms with Gasteiger partial charge in [0.25, 0.3) is 21.7 Å². The summed E-state index contributed by atoms with van der Waals surface area (Å²) in [6.45, 7) is 1.80. The molecule has 1 aromatic carbocycles. The van der Waals surface area contributed by atoms with Crippen LogP contribution in [0.3, 0.4) is 0 Å². The van der Waals surface area contributed by atoms with E-state index in [0.29, 0.717) is 26.1 Å². The van der Waals surface area contributed by atoms with E-state index in [4.69, 9.17) is 4.74 Å². The number of carbonyl (C=O) groups is 2. The molecule has 1 unspecified atom stereocenters. The summed E-state index contributed by atoms with van der Waals surface area (Å²) in [5.74, 6) is -0.522. The molecule has 3 rings (SSSR count). The van der Waals surface area contributed by atoms with Crippen LogP contribution in [0.15, 0.2) is 29.2 Å². The summed E-state index contributed by atoms with van der Waals surface area (Å²) in [6, 6.07) is 3.66. The van der Waals surface area contributed by atoms with Crippen molar-refractivity contribution < 1.29 is 35.9 Å². The fourth-order valence-corrected chi connectivity index (χ4v) is 3.96. The number of ether oxygens (including phenoxy) is 1. The minimum atomic E-state index is -5.45. The second-order valence-electron chi connectivity index (χ2n) is 6.59. The van der Waals surface area contributed by atoms with Crippen LogP contribution in [0.5, 0.6) is 0 Å². The number of halogens is 3. The van der Waals surface area contributed by atoms with E-state index in [9.17, 15) is 31.2 Å². The fraction of sp³-hybridized carbons (Fsp3) is 0.529. The Morgan fingerprint density at radius 1 is 1.00 bits per heavy atom. The minimum absolute atomic E-state index is 0.0834. The first-order valence-corrected chi connectivity index (χ1v) is 10.2. The third-order valence-corrected chi connectivity index (χ3v) is 6.30. The molecule has 11 heteroatoms. The molecule has 0 aliphatic carbocycles. The number of carbonyl (C=O) groups excluding carboxylic acids is 2. The molecule has 0 bridgehead atoms. The summed E-state index contributed by atoms with van der Waals surface area (Å²) >= 11 is 0. The summed E-state index contributed by atoms with van der Waals surface area (Å²) < 4.78 is 65.9. The Hall–Kier alpha value is -2.14. The van der Waals surface area contributed by atoms with Crippen LogP contribution >= 0.6 is 0 Å². The van der Waals surface area contributed by atoms with E-state index in [0.717, 1.165) is 30.7 Å². The van der Waals surface area contributed by atoms with Crippen LogP contribution in [0.1, 0.15) is 23.2 Å². The molecule has 28 heavy (non-hydrogen) atoms. The lowest BCUT2D eigenvalue weighted by atomic mass is 10.1. The molecule has 0 saturated carbocycles. The number of alkyl halides is 3. The molecule has 2 saturated heterocycles. The number of rotatable bonds is 3. The van der Waals surface area contributed by atoms with Gasteiger partial charge in [-0.15, -0.1) is 0 Å². The summed E-state index contributed by atoms with van der Waals surface area (Å²) in [5.41, 5.74) is -5.32. The third-order valence-electron chi connectivity index (χ3n) is 4.80. The maximum absolute atomic E-state index is 12.6. The number of piperazine rings is 1. The molecular formula is C17H19F3N2O5S. The van der Waals surface area contributed by atoms with Crippen molar-refractivity contribution in [3.05, 3.63) is 29.8 Å². The van der Waals surface area contributed by atoms with Gasteiger partial charge in [-0.1, -0.05) is 0 Å². The molecule has 2 fully saturated rings. The molecule has 1 atom stereocenters. The zero-order valence-corrected chi connectivity index (χ0v) is 15.6. The van der Waals surface area contributed by atoms with E-state index in [-0.39, 0.29) is 24.6 Å². The largest absolute Gasteiger partial charge is 0.501 e. The van der Waals surface area contributed by atoms with E-state index in [1.165, 1.54) is 4.90 Å². The molecule has 2 aliphatic heterocycles. The molecule has 7 nitrogen and oxygen atoms in total. The Bertz CT molecular complexity index is 841. The van der Waals surface area contributed by atoms with Crippen LogP contribution in [-0.2, 0) is 19.4 Å². The van der Waals surface area contributed by atoms with Gasteiger partial charge in [0.05, 0.1) is 4.90 Å². The van der Waals surface area contributed by atoms with Gasteiger partial charge in [-0.2, -0.15) is 13.2 Å². The van der Waals surface area contributed by atoms with Crippen molar-refractivity contribution in [3.63, 3.8) is 0 Å². The van der Waals surface area contributed by atoms with E-state index >= 15 is 0 Å². The number of benzene rings is 1. The quantitative estimate of drug-likeness (QED) is 0.739. The van der Waals surface area contributed by atoms with Crippen molar-refractivity contribution in [1.82, 2.24) is 9.80 Å². The Morgan fingerprint density at radius 2 is 1.57 bits per heavy atom. The van der Waals surface area contributed by atoms with Gasteiger partial charge in [0, 0.05) is 38.3 Å². The number of sulfone groups is 1. The zero-order valence-electron chi connectivity index (χ0n) is 14.8. The average Bonchev–Trinajstić information content (AvgIpc) is 3.21. The number of hydrogen-bond donors (Lipinski definition) is 0. The second-order valence-corrected chi connectivity index (χ2v) is 8.53. The number of amides is 2. The molecule has 2 heterocycles. The molecule has 2 aliphatic rings. The van der Waals surface area contributed by atoms with Crippen LogP contribution in [-0.4, -0.2) is 74.4 Å². The summed E-state index contributed by atoms with van der Waals surface area (Å²) in [5, 5.41) is 0. The van der Waals surface area contributed by atoms with Crippen LogP contribution in [0.25, 0.3) is 0 Å². The summed E-state index contributed by atoms with van der Waals surface area (Å²) in [4.78, 5) is 27.0. The lowest BCUT2D eigenvalue weighted by Crippen LogP contribution is -2.52. The fourth-order valence-electron chi connectivity index (χ4n) is 3.20. The van der Waals surface area contributed by atoms with E-state index in [1.54, 1.807) is 4.90 Å². The van der Waals surface area contributed by atoms with Crippen molar-refractivity contribution in [2.75, 3.05) is 32.8 Å². The average molecular weight is 420 g/mol. The van der Waals surface area contributed by atoms with Crippen molar-refractivity contribution in [3.8, 4) is 0 Å². The molecule has 154 valence electrons. The highest BCUT2D eigenvalue weighted by molar-refractivity contribution is 7.92. The Kier molecular flexibility index (Phi) is 5.67. The lowest BCUT2D eigenvalue weighted by molar-refractivity contribution is -0.142. The Labute approximate surface area is 160 Å². The van der Waals surface area contributed by atoms with E-state index in [2.05, 4.69) is 0 Å². The standard InChI is InChI=1S/C17H19F3N2O5S/c18-17(19,20)28(25,26)13-5-3-12(4-6-13)15(23)21-7-9-22(10-8-21)16(24)14-2-1-11-27-14/h3-6,14H,1-2,7-11H2. The Morgan fingerprint density at radius 3 is 2.07 bits per heavy atom. The normalized spacial score (nSPS) is 21.0. The first kappa shape index (κ1) is 20.6. The van der Waals surface area contributed by atoms with Gasteiger partial charge in [-0.05, 0) is 37.1 Å².